The van der Waals surface area contributed by atoms with Crippen molar-refractivity contribution in [3.8, 4) is 11.8 Å². The van der Waals surface area contributed by atoms with Crippen LogP contribution in [0.15, 0.2) is 48.5 Å². The van der Waals surface area contributed by atoms with Gasteiger partial charge in [0.1, 0.15) is 11.6 Å². The fraction of sp³-hybridized carbons (Fsp3) is 0.346. The summed E-state index contributed by atoms with van der Waals surface area (Å²) in [6.07, 6.45) is 1.81. The summed E-state index contributed by atoms with van der Waals surface area (Å²) in [5.41, 5.74) is 3.57. The molecule has 3 rings (SSSR count). The van der Waals surface area contributed by atoms with Crippen LogP contribution in [0.1, 0.15) is 55.7 Å². The fourth-order valence-electron chi connectivity index (χ4n) is 3.41. The largest absolute Gasteiger partial charge is 0.381 e. The van der Waals surface area contributed by atoms with Gasteiger partial charge in [-0.1, -0.05) is 42.2 Å². The molecule has 1 amide bonds. The minimum Gasteiger partial charge on any atom is -0.381 e. The third-order valence-electron chi connectivity index (χ3n) is 5.14. The Morgan fingerprint density at radius 3 is 2.35 bits per heavy atom. The van der Waals surface area contributed by atoms with E-state index in [9.17, 15) is 14.4 Å². The van der Waals surface area contributed by atoms with Crippen molar-refractivity contribution in [3.63, 3.8) is 0 Å². The van der Waals surface area contributed by atoms with Crippen molar-refractivity contribution in [2.75, 3.05) is 18.1 Å². The lowest BCUT2D eigenvalue weighted by molar-refractivity contribution is -0.120. The van der Waals surface area contributed by atoms with E-state index >= 15 is 0 Å². The van der Waals surface area contributed by atoms with Crippen molar-refractivity contribution in [1.29, 1.82) is 0 Å². The summed E-state index contributed by atoms with van der Waals surface area (Å²) in [6.45, 7) is 2.63. The van der Waals surface area contributed by atoms with Crippen LogP contribution in [0, 0.1) is 11.8 Å². The van der Waals surface area contributed by atoms with Gasteiger partial charge >= 0.3 is 0 Å². The second-order valence-electron chi connectivity index (χ2n) is 7.61. The summed E-state index contributed by atoms with van der Waals surface area (Å²) >= 11 is 0. The first-order valence-corrected chi connectivity index (χ1v) is 10.6. The van der Waals surface area contributed by atoms with Gasteiger partial charge in [-0.05, 0) is 37.1 Å². The van der Waals surface area contributed by atoms with E-state index in [0.29, 0.717) is 51.9 Å². The highest BCUT2D eigenvalue weighted by Gasteiger charge is 2.21. The van der Waals surface area contributed by atoms with E-state index in [2.05, 4.69) is 11.8 Å². The van der Waals surface area contributed by atoms with Crippen molar-refractivity contribution in [1.82, 2.24) is 0 Å². The van der Waals surface area contributed by atoms with Crippen LogP contribution in [0.2, 0.25) is 0 Å². The van der Waals surface area contributed by atoms with Crippen LogP contribution in [0.5, 0.6) is 0 Å². The first-order valence-electron chi connectivity index (χ1n) is 10.6. The molecule has 1 aliphatic heterocycles. The van der Waals surface area contributed by atoms with E-state index in [1.54, 1.807) is 4.90 Å². The van der Waals surface area contributed by atoms with Gasteiger partial charge in [0, 0.05) is 36.8 Å². The van der Waals surface area contributed by atoms with E-state index in [1.165, 1.54) is 6.92 Å². The number of Topliss-reactive ketones (excluding diaryl/α,β-unsaturated/α-hetero) is 2. The van der Waals surface area contributed by atoms with Gasteiger partial charge in [0.05, 0.1) is 25.4 Å². The number of para-hydroxylation sites is 1. The van der Waals surface area contributed by atoms with E-state index in [4.69, 9.17) is 4.74 Å². The van der Waals surface area contributed by atoms with Gasteiger partial charge in [0.2, 0.25) is 5.91 Å². The number of benzene rings is 2. The van der Waals surface area contributed by atoms with Gasteiger partial charge < -0.3 is 9.64 Å². The number of rotatable bonds is 10. The molecule has 0 atom stereocenters. The van der Waals surface area contributed by atoms with Crippen molar-refractivity contribution in [2.24, 2.45) is 0 Å². The summed E-state index contributed by atoms with van der Waals surface area (Å²) in [6, 6.07) is 15.5. The summed E-state index contributed by atoms with van der Waals surface area (Å²) < 4.78 is 5.31. The van der Waals surface area contributed by atoms with Gasteiger partial charge in [-0.3, -0.25) is 14.4 Å². The number of hydrogen-bond donors (Lipinski definition) is 0. The lowest BCUT2D eigenvalue weighted by Gasteiger charge is -2.26. The van der Waals surface area contributed by atoms with Crippen LogP contribution in [0.25, 0.3) is 0 Å². The molecule has 0 bridgehead atoms. The molecular formula is C26H27NO4. The molecular weight excluding hydrogens is 390 g/mol. The second kappa shape index (κ2) is 11.2. The summed E-state index contributed by atoms with van der Waals surface area (Å²) in [7, 11) is 0. The molecule has 0 aromatic heterocycles. The summed E-state index contributed by atoms with van der Waals surface area (Å²) in [5, 5.41) is 0. The first kappa shape index (κ1) is 22.5. The quantitative estimate of drug-likeness (QED) is 0.432. The molecule has 2 aromatic carbocycles. The Kier molecular flexibility index (Phi) is 8.14. The Bertz CT molecular complexity index is 1020. The molecule has 31 heavy (non-hydrogen) atoms. The monoisotopic (exact) mass is 417 g/mol. The number of anilines is 1. The number of ketones is 2. The zero-order valence-electron chi connectivity index (χ0n) is 17.9. The number of fused-ring (bicyclic) bond motifs is 2. The van der Waals surface area contributed by atoms with E-state index in [0.717, 1.165) is 22.4 Å². The molecule has 0 radical (unpaired) electrons. The molecule has 0 spiro atoms. The molecule has 0 unspecified atom stereocenters. The normalized spacial score (nSPS) is 12.0. The van der Waals surface area contributed by atoms with Crippen LogP contribution in [0.4, 0.5) is 5.69 Å². The number of ether oxygens (including phenoxy) is 1. The minimum atomic E-state index is -0.0172. The van der Waals surface area contributed by atoms with Crippen LogP contribution in [-0.4, -0.2) is 30.7 Å². The molecule has 0 fully saturated rings. The number of carbonyl (C=O) groups excluding carboxylic acids is 3. The highest BCUT2D eigenvalue weighted by Crippen LogP contribution is 2.26. The highest BCUT2D eigenvalue weighted by molar-refractivity contribution is 5.95. The molecule has 1 aliphatic rings. The molecule has 0 aliphatic carbocycles. The molecule has 160 valence electrons. The number of amides is 1. The predicted molar refractivity (Wildman–Crippen MR) is 120 cm³/mol. The smallest absolute Gasteiger partial charge is 0.227 e. The van der Waals surface area contributed by atoms with Gasteiger partial charge in [-0.2, -0.15) is 0 Å². The average molecular weight is 418 g/mol. The standard InChI is InChI=1S/C26H27NO4/c1-20(28)15-17-31-18-16-24(29)10-6-12-26(30)27-19-23-9-3-2-7-21(23)13-14-22-8-4-5-11-25(22)27/h2-5,7-9,11H,6,10,12,15-19H2,1H3. The van der Waals surface area contributed by atoms with Crippen molar-refractivity contribution >= 4 is 23.2 Å². The fourth-order valence-corrected chi connectivity index (χ4v) is 3.41. The minimum absolute atomic E-state index is 0.0172. The maximum Gasteiger partial charge on any atom is 0.227 e. The lowest BCUT2D eigenvalue weighted by Crippen LogP contribution is -2.31. The second-order valence-corrected chi connectivity index (χ2v) is 7.61. The topological polar surface area (TPSA) is 63.7 Å². The van der Waals surface area contributed by atoms with Crippen LogP contribution in [0.3, 0.4) is 0 Å². The SMILES string of the molecule is CC(=O)CCOCCC(=O)CCCC(=O)N1Cc2ccccc2C#Cc2ccccc21. The third kappa shape index (κ3) is 6.63. The molecule has 5 nitrogen and oxygen atoms in total. The summed E-state index contributed by atoms with van der Waals surface area (Å²) in [4.78, 5) is 37.8. The maximum atomic E-state index is 13.1. The Hall–Kier alpha value is -3.23. The maximum absolute atomic E-state index is 13.1. The molecule has 0 saturated carbocycles. The van der Waals surface area contributed by atoms with Crippen molar-refractivity contribution in [3.05, 3.63) is 65.2 Å². The van der Waals surface area contributed by atoms with Crippen molar-refractivity contribution < 1.29 is 19.1 Å². The van der Waals surface area contributed by atoms with E-state index in [1.807, 2.05) is 48.5 Å². The van der Waals surface area contributed by atoms with Crippen molar-refractivity contribution in [2.45, 2.75) is 45.6 Å². The third-order valence-corrected chi connectivity index (χ3v) is 5.14. The Labute approximate surface area is 183 Å². The van der Waals surface area contributed by atoms with Gasteiger partial charge in [0.25, 0.3) is 0 Å². The zero-order chi connectivity index (χ0) is 22.1. The van der Waals surface area contributed by atoms with E-state index < -0.39 is 0 Å². The number of carbonyl (C=O) groups is 3. The predicted octanol–water partition coefficient (Wildman–Crippen LogP) is 4.06. The lowest BCUT2D eigenvalue weighted by atomic mass is 10.0. The molecule has 1 heterocycles. The highest BCUT2D eigenvalue weighted by atomic mass is 16.5. The Balaban J connectivity index is 1.57. The van der Waals surface area contributed by atoms with Gasteiger partial charge in [-0.25, -0.2) is 0 Å². The summed E-state index contributed by atoms with van der Waals surface area (Å²) in [5.74, 6) is 6.52. The zero-order valence-corrected chi connectivity index (χ0v) is 17.9. The van der Waals surface area contributed by atoms with Gasteiger partial charge in [0.15, 0.2) is 0 Å². The van der Waals surface area contributed by atoms with Gasteiger partial charge in [-0.15, -0.1) is 0 Å². The number of nitrogens with zero attached hydrogens (tertiary/aromatic N) is 1. The molecule has 5 heteroatoms. The Morgan fingerprint density at radius 2 is 1.55 bits per heavy atom. The molecule has 2 aromatic rings. The number of hydrogen-bond acceptors (Lipinski definition) is 4. The average Bonchev–Trinajstić information content (AvgIpc) is 2.75. The van der Waals surface area contributed by atoms with E-state index in [-0.39, 0.29) is 17.5 Å². The van der Waals surface area contributed by atoms with Crippen LogP contribution < -0.4 is 4.90 Å². The molecule has 0 saturated heterocycles. The van der Waals surface area contributed by atoms with Crippen LogP contribution in [-0.2, 0) is 25.7 Å². The Morgan fingerprint density at radius 1 is 0.871 bits per heavy atom. The van der Waals surface area contributed by atoms with Crippen LogP contribution >= 0.6 is 0 Å². The molecule has 0 N–H and O–H groups in total. The first-order chi connectivity index (χ1) is 15.0.